The molecule has 2 aromatic rings. The standard InChI is InChI=1S/C25H30F2O/c1-3-5-17-28-23-16-15-22(24(26)25(23)27)21-13-11-20(12-14-21)19-9-7-18(6-4-2)8-10-19/h3,11-16,18-19H,1,4-10,17H2,2H3. The molecule has 0 unspecified atom stereocenters. The molecule has 3 rings (SSSR count). The van der Waals surface area contributed by atoms with Crippen molar-refractivity contribution in [3.05, 3.63) is 66.3 Å². The first-order valence-electron chi connectivity index (χ1n) is 10.5. The zero-order valence-corrected chi connectivity index (χ0v) is 16.7. The van der Waals surface area contributed by atoms with Crippen LogP contribution in [0.2, 0.25) is 0 Å². The van der Waals surface area contributed by atoms with Gasteiger partial charge in [-0.2, -0.15) is 4.39 Å². The molecular formula is C25H30F2O. The Morgan fingerprint density at radius 2 is 1.71 bits per heavy atom. The number of rotatable bonds is 8. The Balaban J connectivity index is 1.70. The highest BCUT2D eigenvalue weighted by Crippen LogP contribution is 2.38. The molecule has 0 bridgehead atoms. The van der Waals surface area contributed by atoms with E-state index in [9.17, 15) is 8.78 Å². The molecule has 1 saturated carbocycles. The molecule has 3 heteroatoms. The lowest BCUT2D eigenvalue weighted by molar-refractivity contribution is 0.302. The van der Waals surface area contributed by atoms with E-state index in [0.29, 0.717) is 17.9 Å². The van der Waals surface area contributed by atoms with Gasteiger partial charge in [-0.25, -0.2) is 4.39 Å². The lowest BCUT2D eigenvalue weighted by Gasteiger charge is -2.28. The third kappa shape index (κ3) is 4.81. The van der Waals surface area contributed by atoms with Crippen LogP contribution in [-0.4, -0.2) is 6.61 Å². The summed E-state index contributed by atoms with van der Waals surface area (Å²) < 4.78 is 34.2. The van der Waals surface area contributed by atoms with Crippen LogP contribution in [0.4, 0.5) is 8.78 Å². The summed E-state index contributed by atoms with van der Waals surface area (Å²) in [5.41, 5.74) is 2.27. The van der Waals surface area contributed by atoms with Crippen LogP contribution >= 0.6 is 0 Å². The molecule has 0 spiro atoms. The van der Waals surface area contributed by atoms with Crippen LogP contribution < -0.4 is 4.74 Å². The van der Waals surface area contributed by atoms with Crippen LogP contribution in [0.1, 0.15) is 63.4 Å². The Morgan fingerprint density at radius 1 is 1.00 bits per heavy atom. The predicted molar refractivity (Wildman–Crippen MR) is 112 cm³/mol. The second-order valence-corrected chi connectivity index (χ2v) is 7.79. The van der Waals surface area contributed by atoms with Crippen molar-refractivity contribution in [2.24, 2.45) is 5.92 Å². The van der Waals surface area contributed by atoms with Gasteiger partial charge in [0.25, 0.3) is 0 Å². The van der Waals surface area contributed by atoms with Crippen LogP contribution in [0.15, 0.2) is 49.1 Å². The fraction of sp³-hybridized carbons (Fsp3) is 0.440. The topological polar surface area (TPSA) is 9.23 Å². The Morgan fingerprint density at radius 3 is 2.36 bits per heavy atom. The van der Waals surface area contributed by atoms with E-state index < -0.39 is 11.6 Å². The number of benzene rings is 2. The first-order valence-corrected chi connectivity index (χ1v) is 10.5. The van der Waals surface area contributed by atoms with Crippen LogP contribution in [0.5, 0.6) is 5.75 Å². The van der Waals surface area contributed by atoms with Crippen molar-refractivity contribution in [3.8, 4) is 16.9 Å². The molecule has 1 aliphatic carbocycles. The molecule has 0 radical (unpaired) electrons. The van der Waals surface area contributed by atoms with Crippen molar-refractivity contribution < 1.29 is 13.5 Å². The van der Waals surface area contributed by atoms with Gasteiger partial charge < -0.3 is 4.74 Å². The molecule has 28 heavy (non-hydrogen) atoms. The second kappa shape index (κ2) is 9.86. The van der Waals surface area contributed by atoms with Crippen molar-refractivity contribution in [2.75, 3.05) is 6.61 Å². The molecule has 0 amide bonds. The van der Waals surface area contributed by atoms with E-state index in [4.69, 9.17) is 4.74 Å². The quantitative estimate of drug-likeness (QED) is 0.335. The van der Waals surface area contributed by atoms with Gasteiger partial charge in [-0.1, -0.05) is 50.1 Å². The summed E-state index contributed by atoms with van der Waals surface area (Å²) in [5.74, 6) is -0.374. The number of ether oxygens (including phenoxy) is 1. The highest BCUT2D eigenvalue weighted by molar-refractivity contribution is 5.65. The van der Waals surface area contributed by atoms with Crippen LogP contribution in [-0.2, 0) is 0 Å². The monoisotopic (exact) mass is 384 g/mol. The molecule has 150 valence electrons. The number of hydrogen-bond donors (Lipinski definition) is 0. The Hall–Kier alpha value is -2.16. The molecule has 1 aliphatic rings. The molecule has 0 aromatic heterocycles. The third-order valence-corrected chi connectivity index (χ3v) is 5.86. The van der Waals surface area contributed by atoms with Gasteiger partial charge in [0.05, 0.1) is 6.61 Å². The minimum Gasteiger partial charge on any atom is -0.490 e. The van der Waals surface area contributed by atoms with Gasteiger partial charge in [-0.05, 0) is 67.2 Å². The first kappa shape index (κ1) is 20.6. The summed E-state index contributed by atoms with van der Waals surface area (Å²) in [6.07, 6.45) is 9.92. The van der Waals surface area contributed by atoms with E-state index in [1.165, 1.54) is 50.2 Å². The molecule has 0 heterocycles. The van der Waals surface area contributed by atoms with Gasteiger partial charge in [0.15, 0.2) is 11.6 Å². The summed E-state index contributed by atoms with van der Waals surface area (Å²) in [6.45, 7) is 6.13. The average Bonchev–Trinajstić information content (AvgIpc) is 2.72. The van der Waals surface area contributed by atoms with Gasteiger partial charge in [0.2, 0.25) is 5.82 Å². The second-order valence-electron chi connectivity index (χ2n) is 7.79. The highest BCUT2D eigenvalue weighted by Gasteiger charge is 2.22. The predicted octanol–water partition coefficient (Wildman–Crippen LogP) is 7.66. The Bertz CT molecular complexity index is 774. The minimum atomic E-state index is -0.931. The van der Waals surface area contributed by atoms with Crippen LogP contribution in [0.3, 0.4) is 0 Å². The van der Waals surface area contributed by atoms with E-state index in [2.05, 4.69) is 25.6 Å². The van der Waals surface area contributed by atoms with Crippen LogP contribution in [0, 0.1) is 17.6 Å². The molecule has 0 aliphatic heterocycles. The fourth-order valence-electron chi connectivity index (χ4n) is 4.25. The van der Waals surface area contributed by atoms with E-state index in [1.807, 2.05) is 12.1 Å². The van der Waals surface area contributed by atoms with Gasteiger partial charge in [-0.15, -0.1) is 6.58 Å². The molecule has 0 atom stereocenters. The van der Waals surface area contributed by atoms with E-state index in [1.54, 1.807) is 12.1 Å². The molecule has 1 nitrogen and oxygen atoms in total. The smallest absolute Gasteiger partial charge is 0.201 e. The molecule has 2 aromatic carbocycles. The summed E-state index contributed by atoms with van der Waals surface area (Å²) in [4.78, 5) is 0. The fourth-order valence-corrected chi connectivity index (χ4v) is 4.25. The third-order valence-electron chi connectivity index (χ3n) is 5.86. The molecule has 0 N–H and O–H groups in total. The van der Waals surface area contributed by atoms with Crippen molar-refractivity contribution in [2.45, 2.75) is 57.8 Å². The van der Waals surface area contributed by atoms with Gasteiger partial charge in [0, 0.05) is 5.56 Å². The molecule has 0 saturated heterocycles. The molecular weight excluding hydrogens is 354 g/mol. The summed E-state index contributed by atoms with van der Waals surface area (Å²) in [6, 6.07) is 11.1. The minimum absolute atomic E-state index is 0.0523. The highest BCUT2D eigenvalue weighted by atomic mass is 19.2. The summed E-state index contributed by atoms with van der Waals surface area (Å²) in [7, 11) is 0. The first-order chi connectivity index (χ1) is 13.6. The van der Waals surface area contributed by atoms with Crippen molar-refractivity contribution in [1.82, 2.24) is 0 Å². The maximum Gasteiger partial charge on any atom is 0.201 e. The lowest BCUT2D eigenvalue weighted by Crippen LogP contribution is -2.13. The van der Waals surface area contributed by atoms with Gasteiger partial charge in [0.1, 0.15) is 0 Å². The van der Waals surface area contributed by atoms with Crippen molar-refractivity contribution >= 4 is 0 Å². The van der Waals surface area contributed by atoms with Crippen molar-refractivity contribution in [1.29, 1.82) is 0 Å². The summed E-state index contributed by atoms with van der Waals surface area (Å²) in [5, 5.41) is 0. The van der Waals surface area contributed by atoms with Gasteiger partial charge >= 0.3 is 0 Å². The molecule has 1 fully saturated rings. The van der Waals surface area contributed by atoms with Crippen molar-refractivity contribution in [3.63, 3.8) is 0 Å². The normalized spacial score (nSPS) is 19.4. The SMILES string of the molecule is C=CCCOc1ccc(-c2ccc(C3CCC(CCC)CC3)cc2)c(F)c1F. The van der Waals surface area contributed by atoms with Gasteiger partial charge in [-0.3, -0.25) is 0 Å². The van der Waals surface area contributed by atoms with E-state index in [-0.39, 0.29) is 17.9 Å². The zero-order chi connectivity index (χ0) is 19.9. The zero-order valence-electron chi connectivity index (χ0n) is 16.7. The average molecular weight is 385 g/mol. The lowest BCUT2D eigenvalue weighted by atomic mass is 9.77. The van der Waals surface area contributed by atoms with E-state index >= 15 is 0 Å². The Labute approximate surface area is 167 Å². The summed E-state index contributed by atoms with van der Waals surface area (Å²) >= 11 is 0. The Kier molecular flexibility index (Phi) is 7.24. The maximum absolute atomic E-state index is 14.6. The number of hydrogen-bond acceptors (Lipinski definition) is 1. The largest absolute Gasteiger partial charge is 0.490 e. The van der Waals surface area contributed by atoms with E-state index in [0.717, 1.165) is 5.92 Å². The van der Waals surface area contributed by atoms with Crippen LogP contribution in [0.25, 0.3) is 11.1 Å². The number of halogens is 2. The maximum atomic E-state index is 14.6.